The average molecular weight is 744 g/mol. The molecule has 11 nitrogen and oxygen atoms in total. The number of halogens is 1. The summed E-state index contributed by atoms with van der Waals surface area (Å²) in [5, 5.41) is 14.6. The molecule has 0 radical (unpaired) electrons. The van der Waals surface area contributed by atoms with Gasteiger partial charge in [-0.2, -0.15) is 10.2 Å². The fourth-order valence-corrected chi connectivity index (χ4v) is 7.75. The summed E-state index contributed by atoms with van der Waals surface area (Å²) in [6.07, 6.45) is 6.03. The Morgan fingerprint density at radius 2 is 1.62 bits per heavy atom. The maximum atomic E-state index is 12.8. The van der Waals surface area contributed by atoms with Gasteiger partial charge in [-0.25, -0.2) is 14.0 Å². The molecule has 0 saturated carbocycles. The summed E-state index contributed by atoms with van der Waals surface area (Å²) < 4.78 is 22.4. The van der Waals surface area contributed by atoms with Gasteiger partial charge in [-0.1, -0.05) is 37.6 Å². The third-order valence-corrected chi connectivity index (χ3v) is 11.4. The molecule has 7 rings (SSSR count). The maximum absolute atomic E-state index is 12.8. The Hall–Kier alpha value is -4.10. The van der Waals surface area contributed by atoms with Crippen molar-refractivity contribution >= 4 is 46.0 Å². The van der Waals surface area contributed by atoms with Gasteiger partial charge in [0, 0.05) is 54.4 Å². The number of thioether (sulfide) groups is 1. The number of hydrogen-bond donors (Lipinski definition) is 0. The highest BCUT2D eigenvalue weighted by Gasteiger charge is 2.44. The van der Waals surface area contributed by atoms with Gasteiger partial charge >= 0.3 is 5.69 Å². The Labute approximate surface area is 314 Å². The molecule has 4 heterocycles. The van der Waals surface area contributed by atoms with Crippen LogP contribution in [-0.2, 0) is 15.3 Å². The molecule has 1 unspecified atom stereocenters. The highest BCUT2D eigenvalue weighted by molar-refractivity contribution is 8.14. The topological polar surface area (TPSA) is 98.7 Å². The van der Waals surface area contributed by atoms with Crippen LogP contribution in [0, 0.1) is 5.92 Å². The van der Waals surface area contributed by atoms with Crippen molar-refractivity contribution in [3.05, 3.63) is 100 Å². The van der Waals surface area contributed by atoms with E-state index >= 15 is 0 Å². The molecular formula is C39H46ClN7O4S. The fraction of sp³-hybridized carbons (Fsp3) is 0.436. The van der Waals surface area contributed by atoms with Gasteiger partial charge in [0.2, 0.25) is 5.79 Å². The van der Waals surface area contributed by atoms with Gasteiger partial charge < -0.3 is 24.0 Å². The van der Waals surface area contributed by atoms with Crippen molar-refractivity contribution in [1.82, 2.24) is 14.3 Å². The van der Waals surface area contributed by atoms with Crippen LogP contribution in [-0.4, -0.2) is 76.9 Å². The lowest BCUT2D eigenvalue weighted by Gasteiger charge is -2.37. The number of aromatic nitrogens is 3. The molecule has 3 aromatic carbocycles. The normalized spacial score (nSPS) is 22.7. The van der Waals surface area contributed by atoms with Crippen LogP contribution >= 0.6 is 23.4 Å². The minimum atomic E-state index is -0.932. The first-order valence-corrected chi connectivity index (χ1v) is 19.5. The van der Waals surface area contributed by atoms with Crippen LogP contribution in [0.25, 0.3) is 5.69 Å². The summed E-state index contributed by atoms with van der Waals surface area (Å²) in [4.78, 5) is 17.6. The van der Waals surface area contributed by atoms with Crippen molar-refractivity contribution in [2.24, 2.45) is 16.1 Å². The maximum Gasteiger partial charge on any atom is 0.350 e. The van der Waals surface area contributed by atoms with Gasteiger partial charge in [0.1, 0.15) is 24.8 Å². The van der Waals surface area contributed by atoms with Gasteiger partial charge in [-0.3, -0.25) is 0 Å². The van der Waals surface area contributed by atoms with Crippen molar-refractivity contribution in [3.63, 3.8) is 0 Å². The highest BCUT2D eigenvalue weighted by Crippen LogP contribution is 2.39. The summed E-state index contributed by atoms with van der Waals surface area (Å²) in [6, 6.07) is 24.2. The number of anilines is 2. The predicted octanol–water partition coefficient (Wildman–Crippen LogP) is 7.18. The van der Waals surface area contributed by atoms with Gasteiger partial charge in [-0.15, -0.1) is 16.9 Å². The fourth-order valence-electron chi connectivity index (χ4n) is 6.59. The first-order valence-electron chi connectivity index (χ1n) is 18.1. The molecule has 2 saturated heterocycles. The third kappa shape index (κ3) is 8.25. The third-order valence-electron chi connectivity index (χ3n) is 9.99. The SMILES string of the molecule is CC[C@@H](C)n1ncn(-c2ccc(N3CCN(c4ccc(OC[C@@H]5CO[C@@](CSC6=NN=CC(C)CC6)(c6ccc(Cl)cc6)O5)cc4)CC3)cc2)c1=O. The second-order valence-electron chi connectivity index (χ2n) is 13.7. The zero-order valence-corrected chi connectivity index (χ0v) is 31.5. The highest BCUT2D eigenvalue weighted by atomic mass is 35.5. The molecule has 0 amide bonds. The number of benzene rings is 3. The first-order chi connectivity index (χ1) is 25.3. The molecule has 2 fully saturated rings. The second kappa shape index (κ2) is 16.3. The minimum absolute atomic E-state index is 0.0688. The summed E-state index contributed by atoms with van der Waals surface area (Å²) >= 11 is 7.84. The zero-order chi connectivity index (χ0) is 36.1. The molecule has 3 aliphatic rings. The molecule has 0 aliphatic carbocycles. The van der Waals surface area contributed by atoms with Gasteiger partial charge in [0.25, 0.3) is 0 Å². The summed E-state index contributed by atoms with van der Waals surface area (Å²) in [5.41, 5.74) is 3.94. The largest absolute Gasteiger partial charge is 0.491 e. The van der Waals surface area contributed by atoms with Crippen LogP contribution in [0.4, 0.5) is 11.4 Å². The molecule has 4 atom stereocenters. The number of piperazine rings is 1. The lowest BCUT2D eigenvalue weighted by atomic mass is 10.1. The van der Waals surface area contributed by atoms with Crippen molar-refractivity contribution < 1.29 is 14.2 Å². The number of hydrogen-bond acceptors (Lipinski definition) is 10. The van der Waals surface area contributed by atoms with Crippen LogP contribution in [0.2, 0.25) is 5.02 Å². The van der Waals surface area contributed by atoms with E-state index in [-0.39, 0.29) is 17.8 Å². The Morgan fingerprint density at radius 1 is 0.962 bits per heavy atom. The number of ether oxygens (including phenoxy) is 3. The van der Waals surface area contributed by atoms with Crippen molar-refractivity contribution in [3.8, 4) is 11.4 Å². The quantitative estimate of drug-likeness (QED) is 0.159. The Kier molecular flexibility index (Phi) is 11.4. The second-order valence-corrected chi connectivity index (χ2v) is 15.1. The van der Waals surface area contributed by atoms with E-state index in [2.05, 4.69) is 63.2 Å². The van der Waals surface area contributed by atoms with Gasteiger partial charge in [0.05, 0.1) is 29.1 Å². The molecule has 0 bridgehead atoms. The number of rotatable bonds is 11. The summed E-state index contributed by atoms with van der Waals surface area (Å²) in [6.45, 7) is 10.6. The lowest BCUT2D eigenvalue weighted by Crippen LogP contribution is -2.46. The van der Waals surface area contributed by atoms with Crippen LogP contribution in [0.15, 0.2) is 94.1 Å². The van der Waals surface area contributed by atoms with Crippen LogP contribution in [0.5, 0.6) is 5.75 Å². The van der Waals surface area contributed by atoms with Crippen LogP contribution in [0.1, 0.15) is 51.6 Å². The minimum Gasteiger partial charge on any atom is -0.491 e. The average Bonchev–Trinajstić information content (AvgIpc) is 3.72. The van der Waals surface area contributed by atoms with Crippen LogP contribution < -0.4 is 20.2 Å². The summed E-state index contributed by atoms with van der Waals surface area (Å²) in [5.74, 6) is 0.818. The van der Waals surface area contributed by atoms with E-state index in [1.165, 1.54) is 5.69 Å². The molecule has 0 N–H and O–H groups in total. The Balaban J connectivity index is 0.909. The van der Waals surface area contributed by atoms with E-state index in [9.17, 15) is 4.79 Å². The monoisotopic (exact) mass is 743 g/mol. The van der Waals surface area contributed by atoms with Gasteiger partial charge in [0.15, 0.2) is 0 Å². The Bertz CT molecular complexity index is 1910. The molecule has 4 aromatic rings. The molecule has 1 aromatic heterocycles. The first kappa shape index (κ1) is 36.3. The van der Waals surface area contributed by atoms with E-state index in [1.807, 2.05) is 61.7 Å². The number of nitrogens with zero attached hydrogens (tertiary/aromatic N) is 7. The van der Waals surface area contributed by atoms with E-state index in [1.54, 1.807) is 27.3 Å². The molecule has 0 spiro atoms. The smallest absolute Gasteiger partial charge is 0.350 e. The Morgan fingerprint density at radius 3 is 2.29 bits per heavy atom. The molecule has 3 aliphatic heterocycles. The molecular weight excluding hydrogens is 698 g/mol. The van der Waals surface area contributed by atoms with Crippen LogP contribution in [0.3, 0.4) is 0 Å². The molecule has 274 valence electrons. The predicted molar refractivity (Wildman–Crippen MR) is 210 cm³/mol. The van der Waals surface area contributed by atoms with E-state index in [0.717, 1.165) is 73.2 Å². The lowest BCUT2D eigenvalue weighted by molar-refractivity contribution is -0.160. The van der Waals surface area contributed by atoms with Crippen molar-refractivity contribution in [2.45, 2.75) is 58.0 Å². The van der Waals surface area contributed by atoms with Gasteiger partial charge in [-0.05, 0) is 92.8 Å². The van der Waals surface area contributed by atoms with Crippen molar-refractivity contribution in [2.75, 3.05) is 54.9 Å². The van der Waals surface area contributed by atoms with E-state index in [4.69, 9.17) is 25.8 Å². The molecule has 52 heavy (non-hydrogen) atoms. The van der Waals surface area contributed by atoms with E-state index in [0.29, 0.717) is 29.9 Å². The standard InChI is InChI=1S/C39H46ClN7O4S/c1-4-29(3)47-38(48)46(27-42-47)34-12-10-32(11-13-34)44-19-21-45(22-20-44)33-14-16-35(17-15-33)49-24-36-25-50-39(51-36,30-6-8-31(40)9-7-30)26-52-37-18-5-28(2)23-41-43-37/h6-17,23,27-29,36H,4-5,18-22,24-26H2,1-3H3/t28?,29-,36-,39-/m1/s1. The zero-order valence-electron chi connectivity index (χ0n) is 29.9. The molecule has 13 heteroatoms. The van der Waals surface area contributed by atoms with Crippen molar-refractivity contribution in [1.29, 1.82) is 0 Å². The van der Waals surface area contributed by atoms with E-state index < -0.39 is 5.79 Å². The summed E-state index contributed by atoms with van der Waals surface area (Å²) in [7, 11) is 0.